The van der Waals surface area contributed by atoms with Gasteiger partial charge < -0.3 is 4.74 Å². The predicted molar refractivity (Wildman–Crippen MR) is 77.0 cm³/mol. The van der Waals surface area contributed by atoms with Crippen LogP contribution in [0.4, 0.5) is 17.6 Å². The minimum atomic E-state index is -5.48. The molecule has 0 heterocycles. The second-order valence-electron chi connectivity index (χ2n) is 4.60. The molecular formula is C15H10F4O4S. The fourth-order valence-corrected chi connectivity index (χ4v) is 2.50. The van der Waals surface area contributed by atoms with E-state index in [4.69, 9.17) is 9.29 Å². The standard InChI is InChI=1S/C15H10F4O4S/c1-2-8-3-5-9(6-4-8)23-7-10-11(16)13(18)15(24(20,21)22)14(19)12(10)17/h2-6H,1,7H2,(H,20,21,22). The van der Waals surface area contributed by atoms with Crippen molar-refractivity contribution in [2.45, 2.75) is 11.5 Å². The van der Waals surface area contributed by atoms with E-state index in [1.807, 2.05) is 0 Å². The van der Waals surface area contributed by atoms with E-state index in [-0.39, 0.29) is 5.75 Å². The molecule has 0 radical (unpaired) electrons. The lowest BCUT2D eigenvalue weighted by atomic mass is 10.2. The number of rotatable bonds is 5. The Hall–Kier alpha value is -2.39. The molecule has 0 bridgehead atoms. The molecule has 128 valence electrons. The fourth-order valence-electron chi connectivity index (χ4n) is 1.87. The van der Waals surface area contributed by atoms with Crippen LogP contribution in [0, 0.1) is 23.3 Å². The van der Waals surface area contributed by atoms with Crippen LogP contribution in [0.3, 0.4) is 0 Å². The Labute approximate surface area is 134 Å². The smallest absolute Gasteiger partial charge is 0.300 e. The lowest BCUT2D eigenvalue weighted by molar-refractivity contribution is 0.282. The molecule has 9 heteroatoms. The Morgan fingerprint density at radius 1 is 1.00 bits per heavy atom. The minimum Gasteiger partial charge on any atom is -0.489 e. The molecular weight excluding hydrogens is 352 g/mol. The van der Waals surface area contributed by atoms with E-state index in [9.17, 15) is 26.0 Å². The van der Waals surface area contributed by atoms with E-state index in [2.05, 4.69) is 6.58 Å². The normalized spacial score (nSPS) is 11.4. The summed E-state index contributed by atoms with van der Waals surface area (Å²) in [6.07, 6.45) is 1.54. The van der Waals surface area contributed by atoms with Gasteiger partial charge in [-0.3, -0.25) is 4.55 Å². The Morgan fingerprint density at radius 3 is 1.92 bits per heavy atom. The summed E-state index contributed by atoms with van der Waals surface area (Å²) in [4.78, 5) is -2.09. The zero-order valence-corrected chi connectivity index (χ0v) is 12.7. The van der Waals surface area contributed by atoms with Crippen molar-refractivity contribution in [2.75, 3.05) is 0 Å². The van der Waals surface area contributed by atoms with E-state index < -0.39 is 50.5 Å². The fraction of sp³-hybridized carbons (Fsp3) is 0.0667. The molecule has 0 unspecified atom stereocenters. The maximum Gasteiger partial charge on any atom is 0.300 e. The number of hydrogen-bond acceptors (Lipinski definition) is 3. The van der Waals surface area contributed by atoms with Gasteiger partial charge in [0.2, 0.25) is 0 Å². The van der Waals surface area contributed by atoms with E-state index in [0.717, 1.165) is 5.56 Å². The van der Waals surface area contributed by atoms with E-state index in [1.165, 1.54) is 12.1 Å². The summed E-state index contributed by atoms with van der Waals surface area (Å²) in [6.45, 7) is 2.63. The van der Waals surface area contributed by atoms with Gasteiger partial charge >= 0.3 is 10.1 Å². The van der Waals surface area contributed by atoms with Crippen LogP contribution in [0.25, 0.3) is 6.08 Å². The van der Waals surface area contributed by atoms with Gasteiger partial charge in [0, 0.05) is 0 Å². The topological polar surface area (TPSA) is 63.6 Å². The van der Waals surface area contributed by atoms with Crippen LogP contribution in [-0.4, -0.2) is 13.0 Å². The molecule has 0 atom stereocenters. The van der Waals surface area contributed by atoms with Crippen molar-refractivity contribution < 1.29 is 35.3 Å². The van der Waals surface area contributed by atoms with E-state index >= 15 is 0 Å². The average Bonchev–Trinajstić information content (AvgIpc) is 2.52. The molecule has 0 saturated heterocycles. The summed E-state index contributed by atoms with van der Waals surface area (Å²) in [5, 5.41) is 0. The Kier molecular flexibility index (Phi) is 4.95. The summed E-state index contributed by atoms with van der Waals surface area (Å²) in [6, 6.07) is 6.04. The molecule has 24 heavy (non-hydrogen) atoms. The molecule has 0 aliphatic rings. The second kappa shape index (κ2) is 6.62. The number of ether oxygens (including phenoxy) is 1. The number of hydrogen-bond donors (Lipinski definition) is 1. The maximum absolute atomic E-state index is 13.8. The van der Waals surface area contributed by atoms with Crippen molar-refractivity contribution in [3.63, 3.8) is 0 Å². The molecule has 0 aliphatic heterocycles. The third-order valence-electron chi connectivity index (χ3n) is 3.07. The highest BCUT2D eigenvalue weighted by Crippen LogP contribution is 2.28. The van der Waals surface area contributed by atoms with Gasteiger partial charge in [-0.2, -0.15) is 8.42 Å². The SMILES string of the molecule is C=Cc1ccc(OCc2c(F)c(F)c(S(=O)(=O)O)c(F)c2F)cc1. The van der Waals surface area contributed by atoms with Crippen molar-refractivity contribution in [1.29, 1.82) is 0 Å². The van der Waals surface area contributed by atoms with Gasteiger partial charge in [-0.25, -0.2) is 17.6 Å². The van der Waals surface area contributed by atoms with Crippen LogP contribution in [0.2, 0.25) is 0 Å². The van der Waals surface area contributed by atoms with Crippen molar-refractivity contribution in [3.8, 4) is 5.75 Å². The van der Waals surface area contributed by atoms with Crippen LogP contribution in [0.5, 0.6) is 5.75 Å². The number of halogens is 4. The molecule has 2 rings (SSSR count). The molecule has 0 saturated carbocycles. The quantitative estimate of drug-likeness (QED) is 0.500. The van der Waals surface area contributed by atoms with Gasteiger partial charge in [-0.05, 0) is 17.7 Å². The first kappa shape index (κ1) is 18.0. The lowest BCUT2D eigenvalue weighted by Gasteiger charge is -2.11. The molecule has 0 spiro atoms. The Morgan fingerprint density at radius 2 is 1.50 bits per heavy atom. The third-order valence-corrected chi connectivity index (χ3v) is 3.95. The van der Waals surface area contributed by atoms with Crippen LogP contribution < -0.4 is 4.74 Å². The van der Waals surface area contributed by atoms with Gasteiger partial charge in [-0.15, -0.1) is 0 Å². The maximum atomic E-state index is 13.8. The monoisotopic (exact) mass is 362 g/mol. The first-order valence-electron chi connectivity index (χ1n) is 6.34. The van der Waals surface area contributed by atoms with E-state index in [1.54, 1.807) is 18.2 Å². The van der Waals surface area contributed by atoms with Gasteiger partial charge in [0.05, 0.1) is 5.56 Å². The molecule has 1 N–H and O–H groups in total. The highest BCUT2D eigenvalue weighted by Gasteiger charge is 2.32. The third kappa shape index (κ3) is 3.41. The summed E-state index contributed by atoms with van der Waals surface area (Å²) >= 11 is 0. The zero-order chi connectivity index (χ0) is 18.1. The molecule has 2 aromatic rings. The first-order chi connectivity index (χ1) is 11.2. The van der Waals surface area contributed by atoms with Crippen molar-refractivity contribution in [1.82, 2.24) is 0 Å². The highest BCUT2D eigenvalue weighted by molar-refractivity contribution is 7.85. The van der Waals surface area contributed by atoms with Crippen LogP contribution in [0.1, 0.15) is 11.1 Å². The van der Waals surface area contributed by atoms with Crippen LogP contribution in [-0.2, 0) is 16.7 Å². The number of benzene rings is 2. The molecule has 4 nitrogen and oxygen atoms in total. The summed E-state index contributed by atoms with van der Waals surface area (Å²) in [7, 11) is -5.48. The van der Waals surface area contributed by atoms with Gasteiger partial charge in [0.1, 0.15) is 12.4 Å². The molecule has 0 fully saturated rings. The predicted octanol–water partition coefficient (Wildman–Crippen LogP) is 3.71. The molecule has 2 aromatic carbocycles. The van der Waals surface area contributed by atoms with Gasteiger partial charge in [0.15, 0.2) is 28.2 Å². The summed E-state index contributed by atoms with van der Waals surface area (Å²) in [5.74, 6) is -8.23. The minimum absolute atomic E-state index is 0.152. The Balaban J connectivity index is 2.39. The molecule has 0 amide bonds. The summed E-state index contributed by atoms with van der Waals surface area (Å²) in [5.41, 5.74) is -0.403. The zero-order valence-electron chi connectivity index (χ0n) is 11.9. The van der Waals surface area contributed by atoms with Crippen molar-refractivity contribution >= 4 is 16.2 Å². The van der Waals surface area contributed by atoms with Crippen LogP contribution >= 0.6 is 0 Å². The Bertz CT molecular complexity index is 864. The van der Waals surface area contributed by atoms with Gasteiger partial charge in [-0.1, -0.05) is 24.8 Å². The lowest BCUT2D eigenvalue weighted by Crippen LogP contribution is -2.14. The van der Waals surface area contributed by atoms with Crippen molar-refractivity contribution in [3.05, 3.63) is 65.2 Å². The second-order valence-corrected chi connectivity index (χ2v) is 5.96. The summed E-state index contributed by atoms with van der Waals surface area (Å²) < 4.78 is 90.2. The molecule has 0 aromatic heterocycles. The molecule has 0 aliphatic carbocycles. The highest BCUT2D eigenvalue weighted by atomic mass is 32.2. The van der Waals surface area contributed by atoms with Crippen LogP contribution in [0.15, 0.2) is 35.7 Å². The largest absolute Gasteiger partial charge is 0.489 e. The first-order valence-corrected chi connectivity index (χ1v) is 7.78. The van der Waals surface area contributed by atoms with Gasteiger partial charge in [0.25, 0.3) is 0 Å². The van der Waals surface area contributed by atoms with Crippen molar-refractivity contribution in [2.24, 2.45) is 0 Å². The average molecular weight is 362 g/mol. The van der Waals surface area contributed by atoms with E-state index in [0.29, 0.717) is 0 Å².